The molecule has 0 aliphatic carbocycles. The summed E-state index contributed by atoms with van der Waals surface area (Å²) in [7, 11) is 0. The monoisotopic (exact) mass is 334 g/mol. The highest BCUT2D eigenvalue weighted by atomic mass is 16.3. The summed E-state index contributed by atoms with van der Waals surface area (Å²) in [5, 5.41) is 10.7. The van der Waals surface area contributed by atoms with Crippen molar-refractivity contribution in [2.24, 2.45) is 5.10 Å². The van der Waals surface area contributed by atoms with Crippen LogP contribution in [-0.2, 0) is 0 Å². The van der Waals surface area contributed by atoms with E-state index in [-0.39, 0.29) is 5.69 Å². The minimum absolute atomic E-state index is 0.242. The van der Waals surface area contributed by atoms with Gasteiger partial charge in [-0.05, 0) is 37.1 Å². The molecule has 2 N–H and O–H groups in total. The molecular weight excluding hydrogens is 316 g/mol. The van der Waals surface area contributed by atoms with Crippen molar-refractivity contribution in [3.8, 4) is 11.5 Å². The van der Waals surface area contributed by atoms with Crippen molar-refractivity contribution in [3.05, 3.63) is 71.1 Å². The number of carbonyl (C=O) groups excluding carboxylic acids is 1. The standard InChI is InChI=1S/C19H18N4O2/c1-13(10-15-6-4-3-5-7-15)12-20-23-19(24)17-11-16(21-22-17)18-9-8-14(2)25-18/h3-12H,1-2H3,(H,21,22)(H,23,24)/b13-10+,20-12+. The van der Waals surface area contributed by atoms with Crippen LogP contribution in [0.4, 0.5) is 0 Å². The summed E-state index contributed by atoms with van der Waals surface area (Å²) < 4.78 is 5.49. The van der Waals surface area contributed by atoms with Gasteiger partial charge in [-0.1, -0.05) is 36.4 Å². The number of benzene rings is 1. The molecule has 0 saturated heterocycles. The predicted molar refractivity (Wildman–Crippen MR) is 97.1 cm³/mol. The summed E-state index contributed by atoms with van der Waals surface area (Å²) in [5.74, 6) is 1.03. The van der Waals surface area contributed by atoms with Crippen molar-refractivity contribution in [2.45, 2.75) is 13.8 Å². The van der Waals surface area contributed by atoms with Gasteiger partial charge >= 0.3 is 0 Å². The van der Waals surface area contributed by atoms with Crippen LogP contribution < -0.4 is 5.43 Å². The molecule has 0 spiro atoms. The molecule has 0 aliphatic heterocycles. The second kappa shape index (κ2) is 7.44. The van der Waals surface area contributed by atoms with E-state index in [2.05, 4.69) is 20.7 Å². The van der Waals surface area contributed by atoms with Crippen LogP contribution >= 0.6 is 0 Å². The molecule has 1 amide bonds. The van der Waals surface area contributed by atoms with Gasteiger partial charge in [0.15, 0.2) is 11.5 Å². The van der Waals surface area contributed by atoms with Gasteiger partial charge in [0, 0.05) is 6.07 Å². The van der Waals surface area contributed by atoms with Gasteiger partial charge in [0.05, 0.1) is 6.21 Å². The van der Waals surface area contributed by atoms with Crippen LogP contribution in [0, 0.1) is 6.92 Å². The Balaban J connectivity index is 1.61. The number of hydrazone groups is 1. The van der Waals surface area contributed by atoms with E-state index in [1.807, 2.05) is 62.4 Å². The number of aryl methyl sites for hydroxylation is 1. The molecule has 0 bridgehead atoms. The van der Waals surface area contributed by atoms with Crippen LogP contribution in [0.15, 0.2) is 63.6 Å². The number of furan rings is 1. The summed E-state index contributed by atoms with van der Waals surface area (Å²) in [4.78, 5) is 12.1. The summed E-state index contributed by atoms with van der Waals surface area (Å²) in [6.07, 6.45) is 3.57. The number of hydrogen-bond acceptors (Lipinski definition) is 4. The molecule has 3 aromatic rings. The number of nitrogens with zero attached hydrogens (tertiary/aromatic N) is 2. The van der Waals surface area contributed by atoms with Gasteiger partial charge in [0.1, 0.15) is 11.5 Å². The Morgan fingerprint density at radius 2 is 2.04 bits per heavy atom. The van der Waals surface area contributed by atoms with Gasteiger partial charge in [-0.15, -0.1) is 0 Å². The van der Waals surface area contributed by atoms with E-state index in [0.29, 0.717) is 11.5 Å². The summed E-state index contributed by atoms with van der Waals surface area (Å²) >= 11 is 0. The minimum atomic E-state index is -0.394. The lowest BCUT2D eigenvalue weighted by Gasteiger charge is -1.96. The van der Waals surface area contributed by atoms with Crippen LogP contribution in [0.25, 0.3) is 17.5 Å². The molecule has 0 aliphatic rings. The predicted octanol–water partition coefficient (Wildman–Crippen LogP) is 3.80. The van der Waals surface area contributed by atoms with Gasteiger partial charge in [-0.25, -0.2) is 5.43 Å². The Hall–Kier alpha value is -3.41. The fourth-order valence-electron chi connectivity index (χ4n) is 2.24. The summed E-state index contributed by atoms with van der Waals surface area (Å²) in [6.45, 7) is 3.77. The van der Waals surface area contributed by atoms with E-state index < -0.39 is 5.91 Å². The third-order valence-corrected chi connectivity index (χ3v) is 3.44. The molecule has 2 heterocycles. The average Bonchev–Trinajstić information content (AvgIpc) is 3.24. The largest absolute Gasteiger partial charge is 0.460 e. The lowest BCUT2D eigenvalue weighted by molar-refractivity contribution is 0.0950. The first-order chi connectivity index (χ1) is 12.1. The molecule has 2 aromatic heterocycles. The second-order valence-corrected chi connectivity index (χ2v) is 5.58. The summed E-state index contributed by atoms with van der Waals surface area (Å²) in [5.41, 5.74) is 5.33. The normalized spacial score (nSPS) is 11.8. The first-order valence-electron chi connectivity index (χ1n) is 7.81. The summed E-state index contributed by atoms with van der Waals surface area (Å²) in [6, 6.07) is 15.2. The lowest BCUT2D eigenvalue weighted by atomic mass is 10.1. The van der Waals surface area contributed by atoms with Crippen LogP contribution in [0.1, 0.15) is 28.7 Å². The number of carbonyl (C=O) groups is 1. The van der Waals surface area contributed by atoms with E-state index in [4.69, 9.17) is 4.42 Å². The average molecular weight is 334 g/mol. The molecule has 0 saturated carbocycles. The zero-order chi connectivity index (χ0) is 17.6. The van der Waals surface area contributed by atoms with Crippen LogP contribution in [0.2, 0.25) is 0 Å². The van der Waals surface area contributed by atoms with E-state index >= 15 is 0 Å². The number of rotatable bonds is 5. The van der Waals surface area contributed by atoms with Crippen LogP contribution in [-0.4, -0.2) is 22.3 Å². The highest BCUT2D eigenvalue weighted by molar-refractivity contribution is 5.94. The number of aromatic nitrogens is 2. The fraction of sp³-hybridized carbons (Fsp3) is 0.105. The van der Waals surface area contributed by atoms with Crippen molar-refractivity contribution in [3.63, 3.8) is 0 Å². The number of aromatic amines is 1. The van der Waals surface area contributed by atoms with Gasteiger partial charge in [-0.2, -0.15) is 10.2 Å². The molecule has 0 radical (unpaired) electrons. The number of amides is 1. The minimum Gasteiger partial charge on any atom is -0.460 e. The SMILES string of the molecule is CC(/C=N/NC(=O)c1cc(-c2ccc(C)o2)[nH]n1)=C\c1ccccc1. The third kappa shape index (κ3) is 4.32. The van der Waals surface area contributed by atoms with Crippen molar-refractivity contribution >= 4 is 18.2 Å². The Morgan fingerprint density at radius 3 is 2.76 bits per heavy atom. The number of allylic oxidation sites excluding steroid dienone is 1. The smallest absolute Gasteiger partial charge is 0.291 e. The zero-order valence-electron chi connectivity index (χ0n) is 14.0. The fourth-order valence-corrected chi connectivity index (χ4v) is 2.24. The Bertz CT molecular complexity index is 920. The lowest BCUT2D eigenvalue weighted by Crippen LogP contribution is -2.17. The zero-order valence-corrected chi connectivity index (χ0v) is 14.0. The first kappa shape index (κ1) is 16.4. The molecule has 6 nitrogen and oxygen atoms in total. The van der Waals surface area contributed by atoms with Crippen molar-refractivity contribution in [2.75, 3.05) is 0 Å². The molecule has 0 atom stereocenters. The number of H-pyrrole nitrogens is 1. The first-order valence-corrected chi connectivity index (χ1v) is 7.81. The molecule has 1 aromatic carbocycles. The quantitative estimate of drug-likeness (QED) is 0.550. The van der Waals surface area contributed by atoms with Gasteiger partial charge in [0.2, 0.25) is 0 Å². The van der Waals surface area contributed by atoms with Gasteiger partial charge in [0.25, 0.3) is 5.91 Å². The van der Waals surface area contributed by atoms with E-state index in [1.165, 1.54) is 0 Å². The van der Waals surface area contributed by atoms with E-state index in [0.717, 1.165) is 16.9 Å². The Labute approximate surface area is 145 Å². The molecule has 0 unspecified atom stereocenters. The Kier molecular flexibility index (Phi) is 4.89. The van der Waals surface area contributed by atoms with E-state index in [9.17, 15) is 4.79 Å². The second-order valence-electron chi connectivity index (χ2n) is 5.58. The highest BCUT2D eigenvalue weighted by Gasteiger charge is 2.12. The van der Waals surface area contributed by atoms with Gasteiger partial charge < -0.3 is 4.42 Å². The Morgan fingerprint density at radius 1 is 1.24 bits per heavy atom. The molecular formula is C19H18N4O2. The van der Waals surface area contributed by atoms with Crippen molar-refractivity contribution in [1.82, 2.24) is 15.6 Å². The maximum atomic E-state index is 12.1. The van der Waals surface area contributed by atoms with Gasteiger partial charge in [-0.3, -0.25) is 9.89 Å². The molecule has 0 fully saturated rings. The van der Waals surface area contributed by atoms with Crippen molar-refractivity contribution in [1.29, 1.82) is 0 Å². The molecule has 6 heteroatoms. The maximum absolute atomic E-state index is 12.1. The topological polar surface area (TPSA) is 83.3 Å². The number of hydrogen-bond donors (Lipinski definition) is 2. The molecule has 126 valence electrons. The van der Waals surface area contributed by atoms with Crippen LogP contribution in [0.3, 0.4) is 0 Å². The third-order valence-electron chi connectivity index (χ3n) is 3.44. The van der Waals surface area contributed by atoms with E-state index in [1.54, 1.807) is 12.3 Å². The maximum Gasteiger partial charge on any atom is 0.291 e. The molecule has 3 rings (SSSR count). The number of nitrogens with one attached hydrogen (secondary N) is 2. The van der Waals surface area contributed by atoms with Crippen LogP contribution in [0.5, 0.6) is 0 Å². The van der Waals surface area contributed by atoms with Crippen molar-refractivity contribution < 1.29 is 9.21 Å². The molecule has 25 heavy (non-hydrogen) atoms. The highest BCUT2D eigenvalue weighted by Crippen LogP contribution is 2.20.